The average molecular weight is 294 g/mol. The zero-order valence-corrected chi connectivity index (χ0v) is 12.5. The number of carbonyl (C=O) groups is 1. The maximum atomic E-state index is 12.6. The van der Waals surface area contributed by atoms with Gasteiger partial charge < -0.3 is 14.3 Å². The van der Waals surface area contributed by atoms with Crippen molar-refractivity contribution >= 4 is 22.7 Å². The van der Waals surface area contributed by atoms with Gasteiger partial charge in [-0.1, -0.05) is 17.7 Å². The standard InChI is InChI=1S/C18H18N2O2/c1-12-2-6-14(7-3-12)19-18(21)16-10-17-15(8-9-22-17)20(16)11-13-4-5-13/h2-3,6-10,13H,4-5,11H2,1H3,(H,19,21). The van der Waals surface area contributed by atoms with Crippen LogP contribution in [0.1, 0.15) is 28.9 Å². The highest BCUT2D eigenvalue weighted by atomic mass is 16.3. The number of nitrogens with one attached hydrogen (secondary N) is 1. The molecule has 0 unspecified atom stereocenters. The number of nitrogens with zero attached hydrogens (tertiary/aromatic N) is 1. The van der Waals surface area contributed by atoms with Crippen LogP contribution < -0.4 is 5.32 Å². The van der Waals surface area contributed by atoms with E-state index in [1.807, 2.05) is 43.3 Å². The van der Waals surface area contributed by atoms with Gasteiger partial charge in [0.25, 0.3) is 5.91 Å². The maximum absolute atomic E-state index is 12.6. The molecule has 0 radical (unpaired) electrons. The van der Waals surface area contributed by atoms with Gasteiger partial charge in [-0.05, 0) is 37.8 Å². The molecule has 0 saturated heterocycles. The Balaban J connectivity index is 1.65. The minimum Gasteiger partial charge on any atom is -0.463 e. The first-order valence-corrected chi connectivity index (χ1v) is 7.65. The first kappa shape index (κ1) is 13.2. The third kappa shape index (κ3) is 2.41. The molecule has 1 aliphatic rings. The van der Waals surface area contributed by atoms with Gasteiger partial charge in [0.1, 0.15) is 5.69 Å². The fourth-order valence-corrected chi connectivity index (χ4v) is 2.75. The van der Waals surface area contributed by atoms with Crippen LogP contribution in [-0.2, 0) is 6.54 Å². The fourth-order valence-electron chi connectivity index (χ4n) is 2.75. The Morgan fingerprint density at radius 1 is 1.27 bits per heavy atom. The number of furan rings is 1. The number of amides is 1. The van der Waals surface area contributed by atoms with Crippen molar-refractivity contribution in [2.24, 2.45) is 5.92 Å². The van der Waals surface area contributed by atoms with Crippen molar-refractivity contribution in [3.8, 4) is 0 Å². The molecule has 2 heterocycles. The van der Waals surface area contributed by atoms with E-state index in [1.165, 1.54) is 18.4 Å². The number of rotatable bonds is 4. The predicted octanol–water partition coefficient (Wildman–Crippen LogP) is 4.21. The lowest BCUT2D eigenvalue weighted by Gasteiger charge is -2.10. The molecule has 1 fully saturated rings. The minimum atomic E-state index is -0.0871. The summed E-state index contributed by atoms with van der Waals surface area (Å²) >= 11 is 0. The van der Waals surface area contributed by atoms with Crippen LogP contribution in [0.5, 0.6) is 0 Å². The molecular weight excluding hydrogens is 276 g/mol. The maximum Gasteiger partial charge on any atom is 0.272 e. The minimum absolute atomic E-state index is 0.0871. The Bertz CT molecular complexity index is 823. The number of aryl methyl sites for hydroxylation is 1. The van der Waals surface area contributed by atoms with Crippen molar-refractivity contribution in [3.63, 3.8) is 0 Å². The third-order valence-electron chi connectivity index (χ3n) is 4.20. The van der Waals surface area contributed by atoms with Gasteiger partial charge >= 0.3 is 0 Å². The average Bonchev–Trinajstić information content (AvgIpc) is 3.09. The summed E-state index contributed by atoms with van der Waals surface area (Å²) in [5.41, 5.74) is 4.43. The lowest BCUT2D eigenvalue weighted by atomic mass is 10.2. The van der Waals surface area contributed by atoms with Crippen molar-refractivity contribution in [1.29, 1.82) is 0 Å². The molecule has 4 rings (SSSR count). The molecule has 4 nitrogen and oxygen atoms in total. The topological polar surface area (TPSA) is 47.2 Å². The third-order valence-corrected chi connectivity index (χ3v) is 4.20. The molecule has 2 aromatic heterocycles. The van der Waals surface area contributed by atoms with Crippen LogP contribution >= 0.6 is 0 Å². The first-order chi connectivity index (χ1) is 10.7. The van der Waals surface area contributed by atoms with Gasteiger partial charge in [-0.2, -0.15) is 0 Å². The molecule has 22 heavy (non-hydrogen) atoms. The summed E-state index contributed by atoms with van der Waals surface area (Å²) in [7, 11) is 0. The number of aromatic nitrogens is 1. The smallest absolute Gasteiger partial charge is 0.272 e. The van der Waals surface area contributed by atoms with E-state index in [-0.39, 0.29) is 5.91 Å². The van der Waals surface area contributed by atoms with Gasteiger partial charge in [-0.15, -0.1) is 0 Å². The summed E-state index contributed by atoms with van der Waals surface area (Å²) in [6, 6.07) is 11.6. The van der Waals surface area contributed by atoms with E-state index in [1.54, 1.807) is 6.26 Å². The first-order valence-electron chi connectivity index (χ1n) is 7.65. The van der Waals surface area contributed by atoms with Crippen molar-refractivity contribution in [2.45, 2.75) is 26.3 Å². The molecule has 1 N–H and O–H groups in total. The van der Waals surface area contributed by atoms with Gasteiger partial charge in [-0.25, -0.2) is 0 Å². The SMILES string of the molecule is Cc1ccc(NC(=O)c2cc3occc3n2CC2CC2)cc1. The molecule has 1 aromatic carbocycles. The number of anilines is 1. The summed E-state index contributed by atoms with van der Waals surface area (Å²) in [5.74, 6) is 0.604. The molecule has 3 aromatic rings. The number of fused-ring (bicyclic) bond motifs is 1. The highest BCUT2D eigenvalue weighted by Crippen LogP contribution is 2.33. The van der Waals surface area contributed by atoms with Crippen LogP contribution in [0.25, 0.3) is 11.1 Å². The van der Waals surface area contributed by atoms with Gasteiger partial charge in [0.05, 0.1) is 11.8 Å². The van der Waals surface area contributed by atoms with Crippen molar-refractivity contribution in [1.82, 2.24) is 4.57 Å². The molecule has 1 aliphatic carbocycles. The van der Waals surface area contributed by atoms with Crippen LogP contribution in [0.3, 0.4) is 0 Å². The molecule has 112 valence electrons. The molecule has 1 saturated carbocycles. The molecule has 0 atom stereocenters. The van der Waals surface area contributed by atoms with E-state index >= 15 is 0 Å². The monoisotopic (exact) mass is 294 g/mol. The second-order valence-electron chi connectivity index (χ2n) is 6.07. The summed E-state index contributed by atoms with van der Waals surface area (Å²) in [4.78, 5) is 12.6. The second kappa shape index (κ2) is 5.05. The van der Waals surface area contributed by atoms with Crippen LogP contribution in [0.2, 0.25) is 0 Å². The van der Waals surface area contributed by atoms with E-state index in [4.69, 9.17) is 4.42 Å². The molecule has 0 bridgehead atoms. The zero-order chi connectivity index (χ0) is 15.1. The second-order valence-corrected chi connectivity index (χ2v) is 6.07. The van der Waals surface area contributed by atoms with Crippen molar-refractivity contribution in [3.05, 3.63) is 53.9 Å². The molecular formula is C18H18N2O2. The Morgan fingerprint density at radius 3 is 2.77 bits per heavy atom. The van der Waals surface area contributed by atoms with E-state index in [0.29, 0.717) is 11.6 Å². The summed E-state index contributed by atoms with van der Waals surface area (Å²) in [6.07, 6.45) is 4.17. The Kier molecular flexibility index (Phi) is 3.03. The molecule has 1 amide bonds. The van der Waals surface area contributed by atoms with Crippen LogP contribution in [0, 0.1) is 12.8 Å². The lowest BCUT2D eigenvalue weighted by Crippen LogP contribution is -2.17. The summed E-state index contributed by atoms with van der Waals surface area (Å²) in [5, 5.41) is 2.97. The van der Waals surface area contributed by atoms with Crippen LogP contribution in [0.15, 0.2) is 47.1 Å². The van der Waals surface area contributed by atoms with Crippen molar-refractivity contribution in [2.75, 3.05) is 5.32 Å². The van der Waals surface area contributed by atoms with E-state index in [9.17, 15) is 4.79 Å². The van der Waals surface area contributed by atoms with Crippen LogP contribution in [0.4, 0.5) is 5.69 Å². The zero-order valence-electron chi connectivity index (χ0n) is 12.5. The van der Waals surface area contributed by atoms with E-state index in [2.05, 4.69) is 9.88 Å². The predicted molar refractivity (Wildman–Crippen MR) is 86.1 cm³/mol. The molecule has 4 heteroatoms. The highest BCUT2D eigenvalue weighted by Gasteiger charge is 2.26. The molecule has 0 spiro atoms. The fraction of sp³-hybridized carbons (Fsp3) is 0.278. The van der Waals surface area contributed by atoms with Gasteiger partial charge in [0.15, 0.2) is 5.58 Å². The summed E-state index contributed by atoms with van der Waals surface area (Å²) in [6.45, 7) is 2.92. The number of benzene rings is 1. The Hall–Kier alpha value is -2.49. The largest absolute Gasteiger partial charge is 0.463 e. The Morgan fingerprint density at radius 2 is 2.05 bits per heavy atom. The van der Waals surface area contributed by atoms with Gasteiger partial charge in [-0.3, -0.25) is 4.79 Å². The number of carbonyl (C=O) groups excluding carboxylic acids is 1. The number of hydrogen-bond donors (Lipinski definition) is 1. The summed E-state index contributed by atoms with van der Waals surface area (Å²) < 4.78 is 7.54. The number of hydrogen-bond acceptors (Lipinski definition) is 2. The highest BCUT2D eigenvalue weighted by molar-refractivity contribution is 6.05. The Labute approximate surface area is 128 Å². The van der Waals surface area contributed by atoms with E-state index < -0.39 is 0 Å². The van der Waals surface area contributed by atoms with Crippen LogP contribution in [-0.4, -0.2) is 10.5 Å². The quantitative estimate of drug-likeness (QED) is 0.783. The lowest BCUT2D eigenvalue weighted by molar-refractivity contribution is 0.101. The normalized spacial score (nSPS) is 14.4. The van der Waals surface area contributed by atoms with Crippen molar-refractivity contribution < 1.29 is 9.21 Å². The van der Waals surface area contributed by atoms with Gasteiger partial charge in [0, 0.05) is 24.4 Å². The van der Waals surface area contributed by atoms with Gasteiger partial charge in [0.2, 0.25) is 0 Å². The van der Waals surface area contributed by atoms with E-state index in [0.717, 1.165) is 23.3 Å². The molecule has 0 aliphatic heterocycles.